The van der Waals surface area contributed by atoms with Crippen molar-refractivity contribution < 1.29 is 14.3 Å². The highest BCUT2D eigenvalue weighted by molar-refractivity contribution is 5.80. The molecule has 1 N–H and O–H groups in total. The summed E-state index contributed by atoms with van der Waals surface area (Å²) >= 11 is 0. The number of methoxy groups -OCH3 is 2. The monoisotopic (exact) mass is 392 g/mol. The molecule has 1 aliphatic rings. The normalized spacial score (nSPS) is 16.1. The molecule has 3 heterocycles. The van der Waals surface area contributed by atoms with Crippen LogP contribution in [-0.2, 0) is 11.2 Å². The molecule has 1 saturated heterocycles. The second-order valence-corrected chi connectivity index (χ2v) is 7.04. The van der Waals surface area contributed by atoms with Gasteiger partial charge in [-0.05, 0) is 48.2 Å². The molecule has 29 heavy (non-hydrogen) atoms. The number of hydrogen-bond donors (Lipinski definition) is 1. The van der Waals surface area contributed by atoms with E-state index in [1.165, 1.54) is 0 Å². The molecule has 1 fully saturated rings. The van der Waals surface area contributed by atoms with Crippen LogP contribution >= 0.6 is 0 Å². The smallest absolute Gasteiger partial charge is 0.227 e. The lowest BCUT2D eigenvalue weighted by atomic mass is 10.0. The molecule has 3 aromatic rings. The Morgan fingerprint density at radius 2 is 1.97 bits per heavy atom. The Hall–Kier alpha value is -3.35. The van der Waals surface area contributed by atoms with Crippen molar-refractivity contribution in [3.63, 3.8) is 0 Å². The fourth-order valence-electron chi connectivity index (χ4n) is 3.94. The molecule has 150 valence electrons. The molecular formula is C22H24N4O3. The fraction of sp³-hybridized carbons (Fsp3) is 0.318. The summed E-state index contributed by atoms with van der Waals surface area (Å²) in [6.07, 6.45) is 7.55. The molecule has 1 aromatic carbocycles. The summed E-state index contributed by atoms with van der Waals surface area (Å²) < 4.78 is 10.6. The van der Waals surface area contributed by atoms with E-state index >= 15 is 0 Å². The number of H-pyrrole nitrogens is 1. The lowest BCUT2D eigenvalue weighted by Crippen LogP contribution is -2.32. The first kappa shape index (κ1) is 19.0. The number of likely N-dealkylation sites (tertiary alicyclic amines) is 1. The second-order valence-electron chi connectivity index (χ2n) is 7.04. The van der Waals surface area contributed by atoms with Crippen molar-refractivity contribution in [1.82, 2.24) is 20.1 Å². The third-order valence-electron chi connectivity index (χ3n) is 5.37. The number of aromatic amines is 1. The first-order valence-electron chi connectivity index (χ1n) is 9.65. The van der Waals surface area contributed by atoms with Crippen LogP contribution in [-0.4, -0.2) is 46.8 Å². The van der Waals surface area contributed by atoms with Crippen LogP contribution in [0.15, 0.2) is 48.9 Å². The number of pyridine rings is 1. The number of nitrogens with zero attached hydrogens (tertiary/aromatic N) is 3. The largest absolute Gasteiger partial charge is 0.493 e. The van der Waals surface area contributed by atoms with Gasteiger partial charge in [-0.3, -0.25) is 14.9 Å². The van der Waals surface area contributed by atoms with Crippen molar-refractivity contribution in [3.8, 4) is 22.6 Å². The van der Waals surface area contributed by atoms with Crippen molar-refractivity contribution in [3.05, 3.63) is 60.2 Å². The maximum atomic E-state index is 13.1. The number of amides is 1. The van der Waals surface area contributed by atoms with Gasteiger partial charge in [-0.25, -0.2) is 0 Å². The van der Waals surface area contributed by atoms with Crippen molar-refractivity contribution >= 4 is 5.91 Å². The second kappa shape index (κ2) is 8.34. The molecule has 1 unspecified atom stereocenters. The van der Waals surface area contributed by atoms with Crippen molar-refractivity contribution in [2.45, 2.75) is 25.3 Å². The first-order valence-corrected chi connectivity index (χ1v) is 9.65. The summed E-state index contributed by atoms with van der Waals surface area (Å²) in [4.78, 5) is 19.2. The number of carbonyl (C=O) groups is 1. The molecule has 0 saturated carbocycles. The van der Waals surface area contributed by atoms with Gasteiger partial charge in [-0.1, -0.05) is 6.07 Å². The Bertz CT molecular complexity index is 987. The number of aromatic nitrogens is 3. The lowest BCUT2D eigenvalue weighted by Gasteiger charge is -2.25. The van der Waals surface area contributed by atoms with E-state index in [0.717, 1.165) is 41.8 Å². The quantitative estimate of drug-likeness (QED) is 0.695. The van der Waals surface area contributed by atoms with Gasteiger partial charge in [0, 0.05) is 24.5 Å². The van der Waals surface area contributed by atoms with Crippen LogP contribution in [0.5, 0.6) is 11.5 Å². The van der Waals surface area contributed by atoms with Gasteiger partial charge in [0.2, 0.25) is 5.91 Å². The zero-order valence-electron chi connectivity index (χ0n) is 16.6. The van der Waals surface area contributed by atoms with E-state index in [0.29, 0.717) is 17.9 Å². The zero-order valence-corrected chi connectivity index (χ0v) is 16.6. The summed E-state index contributed by atoms with van der Waals surface area (Å²) in [5.41, 5.74) is 3.94. The molecule has 1 aliphatic heterocycles. The van der Waals surface area contributed by atoms with Crippen molar-refractivity contribution in [2.75, 3.05) is 20.8 Å². The minimum Gasteiger partial charge on any atom is -0.493 e. The predicted molar refractivity (Wildman–Crippen MR) is 109 cm³/mol. The number of carbonyl (C=O) groups excluding carboxylic acids is 1. The number of benzene rings is 1. The van der Waals surface area contributed by atoms with Gasteiger partial charge in [0.15, 0.2) is 11.5 Å². The molecule has 7 nitrogen and oxygen atoms in total. The van der Waals surface area contributed by atoms with Crippen LogP contribution in [0.4, 0.5) is 0 Å². The van der Waals surface area contributed by atoms with Gasteiger partial charge < -0.3 is 14.4 Å². The van der Waals surface area contributed by atoms with E-state index in [9.17, 15) is 4.79 Å². The number of ether oxygens (including phenoxy) is 2. The standard InChI is InChI=1S/C22H24N4O3/c1-28-19-6-5-15(12-20(19)29-2)13-21(27)26-11-3-4-18(26)22-17(14-24-25-22)16-7-9-23-10-8-16/h5-10,12,14,18H,3-4,11,13H2,1-2H3,(H,24,25). The maximum absolute atomic E-state index is 13.1. The van der Waals surface area contributed by atoms with Gasteiger partial charge in [-0.2, -0.15) is 5.10 Å². The van der Waals surface area contributed by atoms with E-state index in [2.05, 4.69) is 15.2 Å². The van der Waals surface area contributed by atoms with Crippen LogP contribution in [0.2, 0.25) is 0 Å². The van der Waals surface area contributed by atoms with Crippen LogP contribution in [0, 0.1) is 0 Å². The van der Waals surface area contributed by atoms with Gasteiger partial charge >= 0.3 is 0 Å². The molecule has 1 amide bonds. The van der Waals surface area contributed by atoms with Crippen LogP contribution < -0.4 is 9.47 Å². The summed E-state index contributed by atoms with van der Waals surface area (Å²) in [7, 11) is 3.20. The molecule has 2 aromatic heterocycles. The highest BCUT2D eigenvalue weighted by Crippen LogP contribution is 2.37. The number of rotatable bonds is 6. The molecular weight excluding hydrogens is 368 g/mol. The summed E-state index contributed by atoms with van der Waals surface area (Å²) in [5, 5.41) is 7.38. The van der Waals surface area contributed by atoms with Gasteiger partial charge in [0.1, 0.15) is 0 Å². The summed E-state index contributed by atoms with van der Waals surface area (Å²) in [6, 6.07) is 9.51. The van der Waals surface area contributed by atoms with Gasteiger partial charge in [0.05, 0.1) is 38.6 Å². The van der Waals surface area contributed by atoms with Crippen molar-refractivity contribution in [1.29, 1.82) is 0 Å². The molecule has 1 atom stereocenters. The maximum Gasteiger partial charge on any atom is 0.227 e. The summed E-state index contributed by atoms with van der Waals surface area (Å²) in [5.74, 6) is 1.38. The highest BCUT2D eigenvalue weighted by atomic mass is 16.5. The Labute approximate surface area is 169 Å². The Morgan fingerprint density at radius 3 is 2.72 bits per heavy atom. The summed E-state index contributed by atoms with van der Waals surface area (Å²) in [6.45, 7) is 0.742. The lowest BCUT2D eigenvalue weighted by molar-refractivity contribution is -0.131. The number of hydrogen-bond acceptors (Lipinski definition) is 5. The molecule has 0 bridgehead atoms. The van der Waals surface area contributed by atoms with Crippen LogP contribution in [0.1, 0.15) is 30.1 Å². The van der Waals surface area contributed by atoms with Gasteiger partial charge in [-0.15, -0.1) is 0 Å². The van der Waals surface area contributed by atoms with E-state index in [4.69, 9.17) is 9.47 Å². The van der Waals surface area contributed by atoms with E-state index in [1.807, 2.05) is 41.4 Å². The zero-order chi connectivity index (χ0) is 20.2. The third kappa shape index (κ3) is 3.81. The minimum atomic E-state index is -0.00620. The first-order chi connectivity index (χ1) is 14.2. The average molecular weight is 392 g/mol. The Kier molecular flexibility index (Phi) is 5.46. The van der Waals surface area contributed by atoms with E-state index < -0.39 is 0 Å². The Balaban J connectivity index is 1.55. The van der Waals surface area contributed by atoms with Crippen LogP contribution in [0.3, 0.4) is 0 Å². The van der Waals surface area contributed by atoms with E-state index in [-0.39, 0.29) is 11.9 Å². The fourth-order valence-corrected chi connectivity index (χ4v) is 3.94. The Morgan fingerprint density at radius 1 is 1.17 bits per heavy atom. The topological polar surface area (TPSA) is 80.3 Å². The molecule has 0 spiro atoms. The highest BCUT2D eigenvalue weighted by Gasteiger charge is 2.32. The molecule has 0 aliphatic carbocycles. The molecule has 4 rings (SSSR count). The predicted octanol–water partition coefficient (Wildman–Crippen LogP) is 3.40. The average Bonchev–Trinajstić information content (AvgIpc) is 3.43. The van der Waals surface area contributed by atoms with Crippen LogP contribution in [0.25, 0.3) is 11.1 Å². The number of nitrogens with one attached hydrogen (secondary N) is 1. The van der Waals surface area contributed by atoms with Gasteiger partial charge in [0.25, 0.3) is 0 Å². The minimum absolute atomic E-state index is 0.00620. The molecule has 7 heteroatoms. The SMILES string of the molecule is COc1ccc(CC(=O)N2CCCC2c2[nH]ncc2-c2ccncc2)cc1OC. The van der Waals surface area contributed by atoms with Crippen molar-refractivity contribution in [2.24, 2.45) is 0 Å². The molecule has 0 radical (unpaired) electrons. The third-order valence-corrected chi connectivity index (χ3v) is 5.37. The van der Waals surface area contributed by atoms with E-state index in [1.54, 1.807) is 26.6 Å².